The smallest absolute Gasteiger partial charge is 0.234 e. The van der Waals surface area contributed by atoms with Gasteiger partial charge in [-0.1, -0.05) is 35.5 Å². The monoisotopic (exact) mass is 446 g/mol. The van der Waals surface area contributed by atoms with Crippen LogP contribution in [0, 0.1) is 5.82 Å². The largest absolute Gasteiger partial charge is 0.483 e. The average Bonchev–Trinajstić information content (AvgIpc) is 3.11. The maximum atomic E-state index is 13.1. The minimum absolute atomic E-state index is 0.148. The Morgan fingerprint density at radius 2 is 2.10 bits per heavy atom. The molecule has 1 N–H and O–H groups in total. The van der Waals surface area contributed by atoms with Gasteiger partial charge in [-0.05, 0) is 49.4 Å². The van der Waals surface area contributed by atoms with Gasteiger partial charge < -0.3 is 10.1 Å². The molecule has 0 aliphatic rings. The zero-order chi connectivity index (χ0) is 21.5. The van der Waals surface area contributed by atoms with Gasteiger partial charge in [0, 0.05) is 17.3 Å². The molecule has 30 heavy (non-hydrogen) atoms. The number of hydrogen-bond donors (Lipinski definition) is 1. The van der Waals surface area contributed by atoms with Crippen LogP contribution in [0.15, 0.2) is 66.3 Å². The standard InChI is InChI=1S/C21H20ClFN4O2S/c1-3-11-27-20(14(2)29-18-9-7-16(23)8-10-18)25-26-21(27)30-13-19(28)24-17-6-4-5-15(22)12-17/h3-10,12,14H,1,11,13H2,2H3,(H,24,28). The Morgan fingerprint density at radius 1 is 1.33 bits per heavy atom. The van der Waals surface area contributed by atoms with Crippen molar-refractivity contribution in [2.24, 2.45) is 0 Å². The van der Waals surface area contributed by atoms with Gasteiger partial charge in [0.1, 0.15) is 11.6 Å². The molecular formula is C21H20ClFN4O2S. The Kier molecular flexibility index (Phi) is 7.48. The third kappa shape index (κ3) is 5.84. The second kappa shape index (κ2) is 10.3. The molecule has 3 rings (SSSR count). The minimum atomic E-state index is -0.433. The summed E-state index contributed by atoms with van der Waals surface area (Å²) >= 11 is 7.19. The maximum Gasteiger partial charge on any atom is 0.234 e. The van der Waals surface area contributed by atoms with E-state index in [4.69, 9.17) is 16.3 Å². The molecule has 9 heteroatoms. The van der Waals surface area contributed by atoms with Crippen LogP contribution in [0.1, 0.15) is 18.9 Å². The molecular weight excluding hydrogens is 427 g/mol. The van der Waals surface area contributed by atoms with Crippen LogP contribution in [-0.4, -0.2) is 26.4 Å². The number of thioether (sulfide) groups is 1. The predicted octanol–water partition coefficient (Wildman–Crippen LogP) is 5.13. The summed E-state index contributed by atoms with van der Waals surface area (Å²) in [6, 6.07) is 12.7. The van der Waals surface area contributed by atoms with Gasteiger partial charge in [-0.25, -0.2) is 4.39 Å². The Labute approximate surface area is 183 Å². The van der Waals surface area contributed by atoms with Crippen molar-refractivity contribution in [2.75, 3.05) is 11.1 Å². The van der Waals surface area contributed by atoms with Gasteiger partial charge >= 0.3 is 0 Å². The molecule has 0 saturated carbocycles. The molecule has 0 aliphatic carbocycles. The molecule has 1 heterocycles. The number of carbonyl (C=O) groups excluding carboxylic acids is 1. The van der Waals surface area contributed by atoms with Gasteiger partial charge in [0.2, 0.25) is 5.91 Å². The third-order valence-electron chi connectivity index (χ3n) is 3.99. The van der Waals surface area contributed by atoms with Crippen LogP contribution in [0.5, 0.6) is 5.75 Å². The van der Waals surface area contributed by atoms with Crippen molar-refractivity contribution in [1.82, 2.24) is 14.8 Å². The van der Waals surface area contributed by atoms with Crippen LogP contribution < -0.4 is 10.1 Å². The van der Waals surface area contributed by atoms with Crippen molar-refractivity contribution in [3.05, 3.63) is 77.9 Å². The first-order valence-electron chi connectivity index (χ1n) is 9.10. The number of anilines is 1. The van der Waals surface area contributed by atoms with Crippen molar-refractivity contribution < 1.29 is 13.9 Å². The number of hydrogen-bond acceptors (Lipinski definition) is 5. The minimum Gasteiger partial charge on any atom is -0.483 e. The predicted molar refractivity (Wildman–Crippen MR) is 116 cm³/mol. The fourth-order valence-electron chi connectivity index (χ4n) is 2.67. The van der Waals surface area contributed by atoms with Gasteiger partial charge in [0.05, 0.1) is 5.75 Å². The zero-order valence-corrected chi connectivity index (χ0v) is 17.8. The molecule has 2 aromatic carbocycles. The zero-order valence-electron chi connectivity index (χ0n) is 16.2. The van der Waals surface area contributed by atoms with E-state index in [1.165, 1.54) is 23.9 Å². The topological polar surface area (TPSA) is 69.0 Å². The Balaban J connectivity index is 1.66. The molecule has 0 saturated heterocycles. The molecule has 1 unspecified atom stereocenters. The van der Waals surface area contributed by atoms with E-state index in [-0.39, 0.29) is 17.5 Å². The number of amides is 1. The van der Waals surface area contributed by atoms with E-state index in [2.05, 4.69) is 22.1 Å². The second-order valence-corrected chi connectivity index (χ2v) is 7.68. The summed E-state index contributed by atoms with van der Waals surface area (Å²) in [5.74, 6) is 0.728. The van der Waals surface area contributed by atoms with Crippen LogP contribution in [0.3, 0.4) is 0 Å². The lowest BCUT2D eigenvalue weighted by Gasteiger charge is -2.15. The number of aromatic nitrogens is 3. The summed E-state index contributed by atoms with van der Waals surface area (Å²) in [5.41, 5.74) is 0.627. The van der Waals surface area contributed by atoms with Crippen LogP contribution in [0.4, 0.5) is 10.1 Å². The van der Waals surface area contributed by atoms with Crippen LogP contribution in [0.25, 0.3) is 0 Å². The molecule has 3 aromatic rings. The van der Waals surface area contributed by atoms with Gasteiger partial charge in [-0.15, -0.1) is 16.8 Å². The highest BCUT2D eigenvalue weighted by molar-refractivity contribution is 7.99. The molecule has 156 valence electrons. The lowest BCUT2D eigenvalue weighted by molar-refractivity contribution is -0.113. The van der Waals surface area contributed by atoms with Crippen molar-refractivity contribution in [1.29, 1.82) is 0 Å². The highest BCUT2D eigenvalue weighted by Crippen LogP contribution is 2.25. The molecule has 1 atom stereocenters. The molecule has 0 radical (unpaired) electrons. The molecule has 0 spiro atoms. The van der Waals surface area contributed by atoms with E-state index in [9.17, 15) is 9.18 Å². The van der Waals surface area contributed by atoms with Crippen molar-refractivity contribution in [2.45, 2.75) is 24.7 Å². The number of allylic oxidation sites excluding steroid dienone is 1. The molecule has 6 nitrogen and oxygen atoms in total. The summed E-state index contributed by atoms with van der Waals surface area (Å²) in [7, 11) is 0. The molecule has 0 aliphatic heterocycles. The molecule has 1 aromatic heterocycles. The lowest BCUT2D eigenvalue weighted by Crippen LogP contribution is -2.15. The van der Waals surface area contributed by atoms with E-state index in [0.29, 0.717) is 34.0 Å². The third-order valence-corrected chi connectivity index (χ3v) is 5.19. The summed E-state index contributed by atoms with van der Waals surface area (Å²) < 4.78 is 20.8. The van der Waals surface area contributed by atoms with Crippen molar-refractivity contribution >= 4 is 35.0 Å². The Morgan fingerprint density at radius 3 is 2.80 bits per heavy atom. The number of carbonyl (C=O) groups is 1. The summed E-state index contributed by atoms with van der Waals surface area (Å²) in [4.78, 5) is 12.3. The second-order valence-electron chi connectivity index (χ2n) is 6.30. The van der Waals surface area contributed by atoms with Gasteiger partial charge in [-0.2, -0.15) is 0 Å². The quantitative estimate of drug-likeness (QED) is 0.364. The number of nitrogens with one attached hydrogen (secondary N) is 1. The van der Waals surface area contributed by atoms with Crippen LogP contribution >= 0.6 is 23.4 Å². The van der Waals surface area contributed by atoms with E-state index < -0.39 is 6.10 Å². The number of halogens is 2. The first-order chi connectivity index (χ1) is 14.5. The fraction of sp³-hybridized carbons (Fsp3) is 0.190. The molecule has 0 bridgehead atoms. The number of ether oxygens (including phenoxy) is 1. The van der Waals surface area contributed by atoms with Crippen molar-refractivity contribution in [3.63, 3.8) is 0 Å². The van der Waals surface area contributed by atoms with E-state index in [1.54, 1.807) is 42.5 Å². The van der Waals surface area contributed by atoms with Gasteiger partial charge in [0.25, 0.3) is 0 Å². The maximum absolute atomic E-state index is 13.1. The first kappa shape index (κ1) is 21.9. The van der Waals surface area contributed by atoms with Crippen LogP contribution in [0.2, 0.25) is 5.02 Å². The summed E-state index contributed by atoms with van der Waals surface area (Å²) in [5, 5.41) is 12.3. The highest BCUT2D eigenvalue weighted by atomic mass is 35.5. The normalized spacial score (nSPS) is 11.7. The molecule has 0 fully saturated rings. The van der Waals surface area contributed by atoms with Crippen LogP contribution in [-0.2, 0) is 11.3 Å². The highest BCUT2D eigenvalue weighted by Gasteiger charge is 2.20. The first-order valence-corrected chi connectivity index (χ1v) is 10.5. The van der Waals surface area contributed by atoms with E-state index in [1.807, 2.05) is 11.5 Å². The summed E-state index contributed by atoms with van der Waals surface area (Å²) in [6.07, 6.45) is 1.28. The van der Waals surface area contributed by atoms with E-state index in [0.717, 1.165) is 0 Å². The lowest BCUT2D eigenvalue weighted by atomic mass is 10.3. The van der Waals surface area contributed by atoms with Gasteiger partial charge in [0.15, 0.2) is 17.1 Å². The van der Waals surface area contributed by atoms with Gasteiger partial charge in [-0.3, -0.25) is 9.36 Å². The Bertz CT molecular complexity index is 1030. The number of benzene rings is 2. The molecule has 1 amide bonds. The Hall–Kier alpha value is -2.84. The van der Waals surface area contributed by atoms with E-state index >= 15 is 0 Å². The number of rotatable bonds is 9. The summed E-state index contributed by atoms with van der Waals surface area (Å²) in [6.45, 7) is 6.05. The average molecular weight is 447 g/mol. The fourth-order valence-corrected chi connectivity index (χ4v) is 3.62. The number of nitrogens with zero attached hydrogens (tertiary/aromatic N) is 3. The van der Waals surface area contributed by atoms with Crippen molar-refractivity contribution in [3.8, 4) is 5.75 Å². The SMILES string of the molecule is C=CCn1c(SCC(=O)Nc2cccc(Cl)c2)nnc1C(C)Oc1ccc(F)cc1.